The second-order valence-corrected chi connectivity index (χ2v) is 5.42. The van der Waals surface area contributed by atoms with Crippen LogP contribution in [0.15, 0.2) is 24.3 Å². The van der Waals surface area contributed by atoms with E-state index in [4.69, 9.17) is 51.1 Å². The van der Waals surface area contributed by atoms with Crippen LogP contribution in [-0.4, -0.2) is 4.98 Å². The fraction of sp³-hybridized carbons (Fsp3) is 0.0833. The van der Waals surface area contributed by atoms with Crippen molar-refractivity contribution in [1.82, 2.24) is 4.98 Å². The minimum atomic E-state index is -4.58. The van der Waals surface area contributed by atoms with Crippen LogP contribution in [0.5, 0.6) is 11.6 Å². The number of hydrogen-bond acceptors (Lipinski definition) is 2. The molecule has 2 aromatic rings. The largest absolute Gasteiger partial charge is 0.437 e. The Bertz CT molecular complexity index is 691. The minimum Gasteiger partial charge on any atom is -0.437 e. The maximum absolute atomic E-state index is 12.7. The smallest absolute Gasteiger partial charge is 0.416 e. The molecule has 0 radical (unpaired) electrons. The highest BCUT2D eigenvalue weighted by Gasteiger charge is 2.32. The summed E-state index contributed by atoms with van der Waals surface area (Å²) in [4.78, 5) is 3.64. The summed E-state index contributed by atoms with van der Waals surface area (Å²) >= 11 is 22.9. The number of pyridine rings is 1. The second-order valence-electron chi connectivity index (χ2n) is 3.81. The fourth-order valence-corrected chi connectivity index (χ4v) is 2.16. The van der Waals surface area contributed by atoms with E-state index in [0.29, 0.717) is 12.1 Å². The third-order valence-corrected chi connectivity index (χ3v) is 3.50. The molecule has 0 N–H and O–H groups in total. The molecule has 0 spiro atoms. The predicted molar refractivity (Wildman–Crippen MR) is 75.8 cm³/mol. The van der Waals surface area contributed by atoms with E-state index in [1.165, 1.54) is 12.1 Å². The Morgan fingerprint density at radius 3 is 2.10 bits per heavy atom. The number of rotatable bonds is 2. The lowest BCUT2D eigenvalue weighted by Crippen LogP contribution is -2.05. The molecule has 0 saturated carbocycles. The van der Waals surface area contributed by atoms with Gasteiger partial charge in [-0.25, -0.2) is 4.98 Å². The molecule has 0 atom stereocenters. The van der Waals surface area contributed by atoms with E-state index >= 15 is 0 Å². The topological polar surface area (TPSA) is 22.1 Å². The van der Waals surface area contributed by atoms with Gasteiger partial charge in [0.1, 0.15) is 10.9 Å². The highest BCUT2D eigenvalue weighted by Crippen LogP contribution is 2.38. The third kappa shape index (κ3) is 4.07. The van der Waals surface area contributed by atoms with Crippen LogP contribution in [0.1, 0.15) is 5.56 Å². The summed E-state index contributed by atoms with van der Waals surface area (Å²) in [5.41, 5.74) is -0.992. The summed E-state index contributed by atoms with van der Waals surface area (Å²) in [5, 5.41) is 0.0222. The Hall–Kier alpha value is -0.880. The standard InChI is InChI=1S/C12H4Cl4F3NO/c13-6-3-8(15)9(4-7(6)14)21-11-2-5(12(17,18)19)1-10(16)20-11/h1-4H. The molecule has 112 valence electrons. The lowest BCUT2D eigenvalue weighted by atomic mass is 10.2. The molecule has 1 aromatic carbocycles. The molecule has 0 fully saturated rings. The van der Waals surface area contributed by atoms with Crippen molar-refractivity contribution in [3.05, 3.63) is 50.0 Å². The Balaban J connectivity index is 2.40. The predicted octanol–water partition coefficient (Wildman–Crippen LogP) is 6.51. The SMILES string of the molecule is FC(F)(F)c1cc(Cl)nc(Oc2cc(Cl)c(Cl)cc2Cl)c1. The van der Waals surface area contributed by atoms with E-state index in [2.05, 4.69) is 4.98 Å². The van der Waals surface area contributed by atoms with E-state index in [9.17, 15) is 13.2 Å². The van der Waals surface area contributed by atoms with E-state index < -0.39 is 11.7 Å². The van der Waals surface area contributed by atoms with Gasteiger partial charge in [-0.05, 0) is 12.1 Å². The number of nitrogens with zero attached hydrogens (tertiary/aromatic N) is 1. The Morgan fingerprint density at radius 1 is 0.857 bits per heavy atom. The van der Waals surface area contributed by atoms with Crippen LogP contribution in [0.2, 0.25) is 20.2 Å². The van der Waals surface area contributed by atoms with E-state index in [1.54, 1.807) is 0 Å². The van der Waals surface area contributed by atoms with Crippen molar-refractivity contribution in [3.8, 4) is 11.6 Å². The van der Waals surface area contributed by atoms with Crippen LogP contribution >= 0.6 is 46.4 Å². The van der Waals surface area contributed by atoms with Gasteiger partial charge in [-0.1, -0.05) is 46.4 Å². The number of benzene rings is 1. The van der Waals surface area contributed by atoms with Gasteiger partial charge in [0.15, 0.2) is 0 Å². The van der Waals surface area contributed by atoms with Gasteiger partial charge in [0, 0.05) is 12.1 Å². The maximum atomic E-state index is 12.7. The third-order valence-electron chi connectivity index (χ3n) is 2.29. The average Bonchev–Trinajstić information content (AvgIpc) is 2.34. The summed E-state index contributed by atoms with van der Waals surface area (Å²) in [5.74, 6) is -0.357. The molecule has 0 bridgehead atoms. The van der Waals surface area contributed by atoms with Gasteiger partial charge in [0.25, 0.3) is 0 Å². The minimum absolute atomic E-state index is 0.00829. The van der Waals surface area contributed by atoms with Crippen LogP contribution in [0.25, 0.3) is 0 Å². The lowest BCUT2D eigenvalue weighted by Gasteiger charge is -2.11. The van der Waals surface area contributed by atoms with Crippen molar-refractivity contribution in [2.24, 2.45) is 0 Å². The molecule has 0 aliphatic rings. The lowest BCUT2D eigenvalue weighted by molar-refractivity contribution is -0.137. The van der Waals surface area contributed by atoms with Crippen LogP contribution in [0.4, 0.5) is 13.2 Å². The molecule has 0 unspecified atom stereocenters. The van der Waals surface area contributed by atoms with Crippen LogP contribution in [0.3, 0.4) is 0 Å². The Morgan fingerprint density at radius 2 is 1.48 bits per heavy atom. The van der Waals surface area contributed by atoms with Gasteiger partial charge in [-0.2, -0.15) is 13.2 Å². The monoisotopic (exact) mass is 375 g/mol. The molecule has 0 amide bonds. The van der Waals surface area contributed by atoms with Crippen molar-refractivity contribution in [2.45, 2.75) is 6.18 Å². The van der Waals surface area contributed by atoms with Crippen molar-refractivity contribution in [1.29, 1.82) is 0 Å². The van der Waals surface area contributed by atoms with Crippen molar-refractivity contribution >= 4 is 46.4 Å². The highest BCUT2D eigenvalue weighted by atomic mass is 35.5. The fourth-order valence-electron chi connectivity index (χ4n) is 1.38. The maximum Gasteiger partial charge on any atom is 0.416 e. The normalized spacial score (nSPS) is 11.6. The number of hydrogen-bond donors (Lipinski definition) is 0. The number of halogens is 7. The summed E-state index contributed by atoms with van der Waals surface area (Å²) < 4.78 is 43.2. The van der Waals surface area contributed by atoms with Crippen molar-refractivity contribution in [3.63, 3.8) is 0 Å². The quantitative estimate of drug-likeness (QED) is 0.440. The molecule has 9 heteroatoms. The first kappa shape index (κ1) is 16.5. The van der Waals surface area contributed by atoms with Gasteiger partial charge in [0.05, 0.1) is 20.6 Å². The highest BCUT2D eigenvalue weighted by molar-refractivity contribution is 6.43. The molecule has 1 heterocycles. The Labute approximate surface area is 137 Å². The van der Waals surface area contributed by atoms with Gasteiger partial charge < -0.3 is 4.74 Å². The zero-order valence-electron chi connectivity index (χ0n) is 9.81. The second kappa shape index (κ2) is 6.08. The zero-order chi connectivity index (χ0) is 15.8. The first-order chi connectivity index (χ1) is 9.66. The van der Waals surface area contributed by atoms with Crippen LogP contribution in [-0.2, 0) is 6.18 Å². The molecule has 1 aromatic heterocycles. The van der Waals surface area contributed by atoms with Crippen LogP contribution in [0, 0.1) is 0 Å². The summed E-state index contributed by atoms with van der Waals surface area (Å²) in [7, 11) is 0. The summed E-state index contributed by atoms with van der Waals surface area (Å²) in [6.45, 7) is 0. The van der Waals surface area contributed by atoms with Gasteiger partial charge in [0.2, 0.25) is 5.88 Å². The van der Waals surface area contributed by atoms with Crippen molar-refractivity contribution in [2.75, 3.05) is 0 Å². The van der Waals surface area contributed by atoms with E-state index in [-0.39, 0.29) is 31.9 Å². The number of alkyl halides is 3. The summed E-state index contributed by atoms with van der Waals surface area (Å²) in [6.07, 6.45) is -4.58. The van der Waals surface area contributed by atoms with Gasteiger partial charge >= 0.3 is 6.18 Å². The molecule has 0 saturated heterocycles. The molecule has 21 heavy (non-hydrogen) atoms. The molecular weight excluding hydrogens is 373 g/mol. The van der Waals surface area contributed by atoms with Crippen LogP contribution < -0.4 is 4.74 Å². The van der Waals surface area contributed by atoms with Gasteiger partial charge in [-0.15, -0.1) is 0 Å². The average molecular weight is 377 g/mol. The molecular formula is C12H4Cl4F3NO. The van der Waals surface area contributed by atoms with E-state index in [0.717, 1.165) is 0 Å². The molecule has 0 aliphatic carbocycles. The zero-order valence-corrected chi connectivity index (χ0v) is 12.8. The first-order valence-electron chi connectivity index (χ1n) is 5.24. The number of ether oxygens (including phenoxy) is 1. The van der Waals surface area contributed by atoms with Gasteiger partial charge in [-0.3, -0.25) is 0 Å². The Kier molecular flexibility index (Phi) is 4.78. The van der Waals surface area contributed by atoms with E-state index in [1.807, 2.05) is 0 Å². The first-order valence-corrected chi connectivity index (χ1v) is 6.75. The molecule has 2 rings (SSSR count). The van der Waals surface area contributed by atoms with Crippen molar-refractivity contribution < 1.29 is 17.9 Å². The number of aromatic nitrogens is 1. The molecule has 0 aliphatic heterocycles. The molecule has 2 nitrogen and oxygen atoms in total. The summed E-state index contributed by atoms with van der Waals surface area (Å²) in [6, 6.07) is 3.95.